The van der Waals surface area contributed by atoms with Gasteiger partial charge in [0.1, 0.15) is 6.54 Å². The Labute approximate surface area is 139 Å². The molecule has 1 N–H and O–H groups in total. The minimum atomic E-state index is -1.15. The van der Waals surface area contributed by atoms with Gasteiger partial charge in [-0.1, -0.05) is 37.3 Å². The van der Waals surface area contributed by atoms with Gasteiger partial charge in [0, 0.05) is 13.1 Å². The van der Waals surface area contributed by atoms with E-state index >= 15 is 0 Å². The van der Waals surface area contributed by atoms with Crippen molar-refractivity contribution < 1.29 is 14.7 Å². The minimum absolute atomic E-state index is 0.000511. The second-order valence-electron chi connectivity index (χ2n) is 6.31. The molecule has 0 aliphatic carbocycles. The molecule has 0 atom stereocenters. The number of rotatable bonds is 4. The van der Waals surface area contributed by atoms with Crippen LogP contribution in [0.15, 0.2) is 24.4 Å². The monoisotopic (exact) mass is 328 g/mol. The van der Waals surface area contributed by atoms with Crippen LogP contribution in [0.5, 0.6) is 0 Å². The van der Waals surface area contributed by atoms with Crippen LogP contribution in [0.2, 0.25) is 0 Å². The zero-order valence-corrected chi connectivity index (χ0v) is 13.8. The molecule has 7 heteroatoms. The molecule has 0 saturated heterocycles. The Balaban J connectivity index is 1.71. The summed E-state index contributed by atoms with van der Waals surface area (Å²) < 4.78 is 1.27. The number of hydrogen-bond acceptors (Lipinski definition) is 4. The zero-order chi connectivity index (χ0) is 17.3. The number of fused-ring (bicyclic) bond motifs is 1. The van der Waals surface area contributed by atoms with Gasteiger partial charge in [-0.3, -0.25) is 4.79 Å². The molecule has 0 saturated carbocycles. The first kappa shape index (κ1) is 16.2. The van der Waals surface area contributed by atoms with Crippen LogP contribution < -0.4 is 0 Å². The molecule has 3 rings (SSSR count). The first-order chi connectivity index (χ1) is 11.5. The van der Waals surface area contributed by atoms with E-state index in [2.05, 4.69) is 36.3 Å². The van der Waals surface area contributed by atoms with Crippen molar-refractivity contribution >= 4 is 11.9 Å². The van der Waals surface area contributed by atoms with Crippen molar-refractivity contribution in [2.75, 3.05) is 6.54 Å². The van der Waals surface area contributed by atoms with Crippen molar-refractivity contribution in [1.29, 1.82) is 0 Å². The Bertz CT molecular complexity index is 782. The second kappa shape index (κ2) is 6.43. The van der Waals surface area contributed by atoms with E-state index in [-0.39, 0.29) is 18.1 Å². The van der Waals surface area contributed by atoms with Crippen molar-refractivity contribution in [3.8, 4) is 0 Å². The topological polar surface area (TPSA) is 88.3 Å². The first-order valence-electron chi connectivity index (χ1n) is 7.97. The van der Waals surface area contributed by atoms with E-state index in [1.807, 2.05) is 6.07 Å². The summed E-state index contributed by atoms with van der Waals surface area (Å²) in [5, 5.41) is 16.1. The maximum atomic E-state index is 12.5. The summed E-state index contributed by atoms with van der Waals surface area (Å²) >= 11 is 0. The van der Waals surface area contributed by atoms with E-state index in [1.54, 1.807) is 4.90 Å². The number of aromatic nitrogens is 3. The largest absolute Gasteiger partial charge is 0.476 e. The summed E-state index contributed by atoms with van der Waals surface area (Å²) in [6.45, 7) is 5.60. The molecular formula is C17H20N4O3. The lowest BCUT2D eigenvalue weighted by Gasteiger charge is -2.31. The highest BCUT2D eigenvalue weighted by Gasteiger charge is 2.23. The fraction of sp³-hybridized carbons (Fsp3) is 0.412. The third-order valence-electron chi connectivity index (χ3n) is 4.33. The number of benzene rings is 1. The summed E-state index contributed by atoms with van der Waals surface area (Å²) in [5.41, 5.74) is 3.73. The number of carbonyl (C=O) groups excluding carboxylic acids is 1. The van der Waals surface area contributed by atoms with Crippen molar-refractivity contribution in [1.82, 2.24) is 19.9 Å². The van der Waals surface area contributed by atoms with Crippen LogP contribution in [0.4, 0.5) is 0 Å². The minimum Gasteiger partial charge on any atom is -0.476 e. The van der Waals surface area contributed by atoms with Gasteiger partial charge in [-0.2, -0.15) is 0 Å². The first-order valence-corrected chi connectivity index (χ1v) is 7.97. The predicted molar refractivity (Wildman–Crippen MR) is 86.6 cm³/mol. The maximum Gasteiger partial charge on any atom is 0.358 e. The Hall–Kier alpha value is -2.70. The van der Waals surface area contributed by atoms with E-state index in [9.17, 15) is 9.59 Å². The molecule has 126 valence electrons. The third-order valence-corrected chi connectivity index (χ3v) is 4.33. The number of amides is 1. The molecule has 2 heterocycles. The molecule has 2 aromatic rings. The van der Waals surface area contributed by atoms with Gasteiger partial charge in [-0.25, -0.2) is 9.48 Å². The van der Waals surface area contributed by atoms with E-state index in [4.69, 9.17) is 5.11 Å². The van der Waals surface area contributed by atoms with Crippen LogP contribution in [0.25, 0.3) is 0 Å². The highest BCUT2D eigenvalue weighted by Crippen LogP contribution is 2.27. The molecule has 1 aromatic heterocycles. The average Bonchev–Trinajstić information content (AvgIpc) is 3.02. The molecule has 1 aliphatic heterocycles. The molecule has 0 radical (unpaired) electrons. The number of carboxylic acids is 1. The van der Waals surface area contributed by atoms with Crippen LogP contribution in [-0.2, 0) is 24.3 Å². The molecule has 1 aromatic carbocycles. The van der Waals surface area contributed by atoms with Gasteiger partial charge < -0.3 is 10.0 Å². The molecule has 0 spiro atoms. The van der Waals surface area contributed by atoms with Gasteiger partial charge in [0.15, 0.2) is 5.69 Å². The highest BCUT2D eigenvalue weighted by molar-refractivity contribution is 5.84. The average molecular weight is 328 g/mol. The lowest BCUT2D eigenvalue weighted by Crippen LogP contribution is -2.38. The summed E-state index contributed by atoms with van der Waals surface area (Å²) in [4.78, 5) is 25.1. The van der Waals surface area contributed by atoms with E-state index in [0.29, 0.717) is 19.0 Å². The van der Waals surface area contributed by atoms with Crippen molar-refractivity contribution in [2.45, 2.75) is 39.3 Å². The predicted octanol–water partition coefficient (Wildman–Crippen LogP) is 1.68. The molecule has 0 bridgehead atoms. The molecular weight excluding hydrogens is 308 g/mol. The fourth-order valence-corrected chi connectivity index (χ4v) is 3.11. The third kappa shape index (κ3) is 3.15. The van der Waals surface area contributed by atoms with Gasteiger partial charge in [0.25, 0.3) is 0 Å². The van der Waals surface area contributed by atoms with Gasteiger partial charge in [-0.05, 0) is 29.0 Å². The standard InChI is InChI=1S/C17H20N4O3/c1-11(2)13-5-3-4-12-8-20(7-6-14(12)13)16(22)10-21-9-15(17(23)24)18-19-21/h3-5,9,11H,6-8,10H2,1-2H3,(H,23,24). The maximum absolute atomic E-state index is 12.5. The van der Waals surface area contributed by atoms with Crippen LogP contribution in [-0.4, -0.2) is 43.4 Å². The van der Waals surface area contributed by atoms with Crippen molar-refractivity contribution in [3.63, 3.8) is 0 Å². The van der Waals surface area contributed by atoms with Crippen LogP contribution >= 0.6 is 0 Å². The Kier molecular flexibility index (Phi) is 4.33. The van der Waals surface area contributed by atoms with E-state index in [0.717, 1.165) is 6.42 Å². The number of aromatic carboxylic acids is 1. The summed E-state index contributed by atoms with van der Waals surface area (Å²) in [6.07, 6.45) is 2.11. The summed E-state index contributed by atoms with van der Waals surface area (Å²) in [7, 11) is 0. The van der Waals surface area contributed by atoms with E-state index in [1.165, 1.54) is 27.6 Å². The normalized spacial score (nSPS) is 13.9. The van der Waals surface area contributed by atoms with Crippen molar-refractivity contribution in [3.05, 3.63) is 46.8 Å². The Morgan fingerprint density at radius 1 is 1.33 bits per heavy atom. The lowest BCUT2D eigenvalue weighted by atomic mass is 9.89. The van der Waals surface area contributed by atoms with Gasteiger partial charge in [-0.15, -0.1) is 5.10 Å². The number of carbonyl (C=O) groups is 2. The molecule has 1 amide bonds. The number of nitrogens with zero attached hydrogens (tertiary/aromatic N) is 4. The molecule has 0 fully saturated rings. The van der Waals surface area contributed by atoms with Crippen LogP contribution in [0, 0.1) is 0 Å². The molecule has 7 nitrogen and oxygen atoms in total. The quantitative estimate of drug-likeness (QED) is 0.922. The van der Waals surface area contributed by atoms with Gasteiger partial charge in [0.05, 0.1) is 6.20 Å². The fourth-order valence-electron chi connectivity index (χ4n) is 3.11. The zero-order valence-electron chi connectivity index (χ0n) is 13.8. The Morgan fingerprint density at radius 3 is 2.79 bits per heavy atom. The van der Waals surface area contributed by atoms with Crippen molar-refractivity contribution in [2.24, 2.45) is 0 Å². The highest BCUT2D eigenvalue weighted by atomic mass is 16.4. The van der Waals surface area contributed by atoms with Crippen LogP contribution in [0.1, 0.15) is 46.9 Å². The summed E-state index contributed by atoms with van der Waals surface area (Å²) in [5.74, 6) is -0.772. The Morgan fingerprint density at radius 2 is 2.12 bits per heavy atom. The van der Waals surface area contributed by atoms with Gasteiger partial charge >= 0.3 is 5.97 Å². The van der Waals surface area contributed by atoms with E-state index < -0.39 is 5.97 Å². The molecule has 0 unspecified atom stereocenters. The summed E-state index contributed by atoms with van der Waals surface area (Å²) in [6, 6.07) is 6.27. The number of hydrogen-bond donors (Lipinski definition) is 1. The lowest BCUT2D eigenvalue weighted by molar-refractivity contribution is -0.133. The van der Waals surface area contributed by atoms with Gasteiger partial charge in [0.2, 0.25) is 5.91 Å². The van der Waals surface area contributed by atoms with Crippen LogP contribution in [0.3, 0.4) is 0 Å². The number of carboxylic acid groups (broad SMARTS) is 1. The second-order valence-corrected chi connectivity index (χ2v) is 6.31. The smallest absolute Gasteiger partial charge is 0.358 e. The molecule has 1 aliphatic rings. The molecule has 24 heavy (non-hydrogen) atoms. The SMILES string of the molecule is CC(C)c1cccc2c1CCN(C(=O)Cn1cc(C(=O)O)nn1)C2.